The molecule has 6 heterocycles. The van der Waals surface area contributed by atoms with Gasteiger partial charge in [-0.05, 0) is 182 Å². The summed E-state index contributed by atoms with van der Waals surface area (Å²) in [5.74, 6) is 4.92. The fourth-order valence-corrected chi connectivity index (χ4v) is 8.96. The third-order valence-corrected chi connectivity index (χ3v) is 14.1. The van der Waals surface area contributed by atoms with Gasteiger partial charge in [0.1, 0.15) is 5.82 Å². The number of fused-ring (bicyclic) bond motifs is 1. The molecule has 89 heavy (non-hydrogen) atoms. The van der Waals surface area contributed by atoms with Gasteiger partial charge in [0.2, 0.25) is 0 Å². The lowest BCUT2D eigenvalue weighted by Gasteiger charge is -2.18. The zero-order valence-corrected chi connectivity index (χ0v) is 57.3. The van der Waals surface area contributed by atoms with Crippen LogP contribution in [0.1, 0.15) is 211 Å². The molecule has 0 spiro atoms. The molecular formula is C77H113N9O3. The van der Waals surface area contributed by atoms with E-state index in [1.54, 1.807) is 24.8 Å². The molecule has 0 saturated heterocycles. The summed E-state index contributed by atoms with van der Waals surface area (Å²) < 4.78 is 1.73. The molecular weight excluding hydrogens is 1100 g/mol. The van der Waals surface area contributed by atoms with Crippen LogP contribution in [0.3, 0.4) is 0 Å². The van der Waals surface area contributed by atoms with Gasteiger partial charge in [0.05, 0.1) is 0 Å². The van der Waals surface area contributed by atoms with Gasteiger partial charge in [0, 0.05) is 86.6 Å². The highest BCUT2D eigenvalue weighted by Crippen LogP contribution is 2.27. The van der Waals surface area contributed by atoms with E-state index in [4.69, 9.17) is 17.2 Å². The lowest BCUT2D eigenvalue weighted by atomic mass is 9.91. The van der Waals surface area contributed by atoms with E-state index < -0.39 is 0 Å². The van der Waals surface area contributed by atoms with Gasteiger partial charge in [-0.15, -0.1) is 0 Å². The third kappa shape index (κ3) is 29.9. The minimum atomic E-state index is 0. The van der Waals surface area contributed by atoms with Crippen molar-refractivity contribution in [1.29, 1.82) is 0 Å². The van der Waals surface area contributed by atoms with Crippen LogP contribution < -0.4 is 37.3 Å². The predicted octanol–water partition coefficient (Wildman–Crippen LogP) is 18.1. The number of rotatable bonds is 8. The van der Waals surface area contributed by atoms with Crippen molar-refractivity contribution in [2.45, 2.75) is 189 Å². The number of H-pyrrole nitrogens is 1. The average molecular weight is 1210 g/mol. The third-order valence-electron chi connectivity index (χ3n) is 14.1. The number of aromatic amines is 1. The summed E-state index contributed by atoms with van der Waals surface area (Å²) in [6, 6.07) is 20.9. The maximum atomic E-state index is 11.3. The molecule has 0 bridgehead atoms. The number of carbonyl (C=O) groups is 1. The van der Waals surface area contributed by atoms with Gasteiger partial charge in [-0.25, -0.2) is 0 Å². The number of hydrogen-bond donors (Lipinski definition) is 6. The first-order valence-corrected chi connectivity index (χ1v) is 31.0. The molecule has 9 N–H and O–H groups in total. The minimum absolute atomic E-state index is 0. The van der Waals surface area contributed by atoms with Crippen molar-refractivity contribution < 1.29 is 14.3 Å². The highest BCUT2D eigenvalue weighted by atomic mass is 16.5. The van der Waals surface area contributed by atoms with Crippen molar-refractivity contribution in [3.63, 3.8) is 0 Å². The molecule has 0 saturated carbocycles. The standard InChI is InChI=1S/C12H15N.C10H14O.2C9H14N2.2C9H13NO.2C9H13N.CH4/c1-8(2)11-6-9(3)7-12-10(11)4-5-13-12;1-7(2)9-6-8(3)4-5-10(9)11;1-6(2)9-5-8(10)4-7(3)11-9;1-6(2)8-4-7(3)11-9(10)5-8;2*1-7(2)9-4-8(3)5-10(11)6-9;1-7(2)9-4-8(3)5-10-6-9;1-7(2)8-4-3-5-9(10)6-8;/h4-8,13H,1-3H3;4,6-7H,5H2,1-3H3;2*4-6,11H,3,10H2,1-2H3;2*4-7H,1-3H3;4-7H,1-3H3;3-7H,10H2,1-2H3;1H4. The SMILES string of the molecule is C.C=C1C=C(C(C)C)C=C(N)N1.C=C1C=C(N)C=C(C(C)C)N1.CC(C)c1cccc(N)c1.CC1=CCC(=O)C(C(C)C)=C1.Cc1cc(C(C)C)c2cc[nH]c2c1.Cc1cc(C(C)C)c[n+]([O-])c1.Cc1cc(C(C)C)c[n+]([O-])c1.Cc1cncc(C(C)C)c1. The second kappa shape index (κ2) is 38.8. The summed E-state index contributed by atoms with van der Waals surface area (Å²) in [5, 5.41) is 29.3. The van der Waals surface area contributed by atoms with Crippen molar-refractivity contribution in [3.05, 3.63) is 259 Å². The van der Waals surface area contributed by atoms with Crippen LogP contribution in [0, 0.1) is 55.9 Å². The zero-order valence-electron chi connectivity index (χ0n) is 57.3. The number of allylic oxidation sites excluding steroid dienone is 10. The number of ketones is 1. The number of hydrogen-bond acceptors (Lipinski definition) is 9. The van der Waals surface area contributed by atoms with Crippen LogP contribution in [-0.2, 0) is 4.79 Å². The average Bonchev–Trinajstić information content (AvgIpc) is 3.46. The predicted molar refractivity (Wildman–Crippen MR) is 382 cm³/mol. The van der Waals surface area contributed by atoms with Crippen molar-refractivity contribution >= 4 is 22.4 Å². The highest BCUT2D eigenvalue weighted by molar-refractivity contribution is 5.98. The van der Waals surface area contributed by atoms with Gasteiger partial charge in [0.25, 0.3) is 0 Å². The molecule has 12 heteroatoms. The number of nitrogen functional groups attached to an aromatic ring is 1. The molecule has 4 aromatic heterocycles. The van der Waals surface area contributed by atoms with Gasteiger partial charge in [0.15, 0.2) is 30.6 Å². The number of Topliss-reactive ketones (excluding diaryl/α,β-unsaturated/α-hetero) is 1. The van der Waals surface area contributed by atoms with E-state index in [0.29, 0.717) is 59.6 Å². The Hall–Kier alpha value is -8.38. The number of aryl methyl sites for hydroxylation is 4. The smallest absolute Gasteiger partial charge is 0.183 e. The van der Waals surface area contributed by atoms with E-state index in [2.05, 4.69) is 189 Å². The maximum absolute atomic E-state index is 11.3. The Balaban J connectivity index is 0.000000508. The van der Waals surface area contributed by atoms with Gasteiger partial charge in [-0.3, -0.25) is 9.78 Å². The molecule has 9 rings (SSSR count). The number of anilines is 1. The molecule has 0 amide bonds. The van der Waals surface area contributed by atoms with Crippen LogP contribution in [0.5, 0.6) is 0 Å². The topological polar surface area (TPSA) is 202 Å². The van der Waals surface area contributed by atoms with Crippen LogP contribution in [0.15, 0.2) is 199 Å². The van der Waals surface area contributed by atoms with Gasteiger partial charge >= 0.3 is 0 Å². The summed E-state index contributed by atoms with van der Waals surface area (Å²) in [7, 11) is 0. The van der Waals surface area contributed by atoms with Crippen molar-refractivity contribution in [2.24, 2.45) is 29.2 Å². The maximum Gasteiger partial charge on any atom is 0.183 e. The van der Waals surface area contributed by atoms with E-state index in [0.717, 1.165) is 65.8 Å². The van der Waals surface area contributed by atoms with E-state index in [1.807, 2.05) is 106 Å². The summed E-state index contributed by atoms with van der Waals surface area (Å²) in [4.78, 5) is 18.6. The Labute approximate surface area is 537 Å². The van der Waals surface area contributed by atoms with Crippen molar-refractivity contribution in [1.82, 2.24) is 20.6 Å². The Morgan fingerprint density at radius 1 is 0.528 bits per heavy atom. The highest BCUT2D eigenvalue weighted by Gasteiger charge is 2.15. The number of carbonyl (C=O) groups excluding carboxylic acids is 1. The number of pyridine rings is 3. The van der Waals surface area contributed by atoms with Crippen LogP contribution >= 0.6 is 0 Å². The van der Waals surface area contributed by atoms with Crippen LogP contribution in [0.25, 0.3) is 10.9 Å². The van der Waals surface area contributed by atoms with Crippen LogP contribution in [0.2, 0.25) is 0 Å². The summed E-state index contributed by atoms with van der Waals surface area (Å²) in [6.07, 6.45) is 24.5. The zero-order chi connectivity index (χ0) is 66.7. The molecule has 12 nitrogen and oxygen atoms in total. The Bertz CT molecular complexity index is 3270. The second-order valence-corrected chi connectivity index (χ2v) is 25.5. The largest absolute Gasteiger partial charge is 0.619 e. The lowest BCUT2D eigenvalue weighted by Crippen LogP contribution is -2.26. The van der Waals surface area contributed by atoms with Gasteiger partial charge < -0.3 is 43.2 Å². The summed E-state index contributed by atoms with van der Waals surface area (Å²) in [6.45, 7) is 51.8. The number of benzene rings is 2. The van der Waals surface area contributed by atoms with E-state index in [9.17, 15) is 15.2 Å². The lowest BCUT2D eigenvalue weighted by molar-refractivity contribution is -0.606. The number of aromatic nitrogens is 4. The molecule has 0 radical (unpaired) electrons. The van der Waals surface area contributed by atoms with Gasteiger partial charge in [-0.2, -0.15) is 9.46 Å². The molecule has 2 aromatic carbocycles. The van der Waals surface area contributed by atoms with Crippen LogP contribution in [0.4, 0.5) is 5.69 Å². The summed E-state index contributed by atoms with van der Waals surface area (Å²) >= 11 is 0. The number of dihydropyridines is 2. The van der Waals surface area contributed by atoms with E-state index >= 15 is 0 Å². The molecule has 0 fully saturated rings. The molecule has 2 aliphatic heterocycles. The Morgan fingerprint density at radius 3 is 1.48 bits per heavy atom. The first kappa shape index (κ1) is 78.6. The van der Waals surface area contributed by atoms with Crippen LogP contribution in [-0.4, -0.2) is 15.8 Å². The number of nitrogens with two attached hydrogens (primary N) is 3. The number of nitrogens with one attached hydrogen (secondary N) is 3. The molecule has 3 aliphatic rings. The first-order chi connectivity index (χ1) is 41.1. The monoisotopic (exact) mass is 1210 g/mol. The molecule has 0 unspecified atom stereocenters. The van der Waals surface area contributed by atoms with Crippen molar-refractivity contribution in [2.75, 3.05) is 5.73 Å². The fourth-order valence-electron chi connectivity index (χ4n) is 8.96. The normalized spacial score (nSPS) is 13.2. The van der Waals surface area contributed by atoms with Crippen molar-refractivity contribution in [3.8, 4) is 0 Å². The first-order valence-electron chi connectivity index (χ1n) is 31.0. The Kier molecular flexibility index (Phi) is 34.3. The van der Waals surface area contributed by atoms with E-state index in [1.165, 1.54) is 49.9 Å². The Morgan fingerprint density at radius 2 is 1.07 bits per heavy atom. The molecule has 6 aromatic rings. The van der Waals surface area contributed by atoms with E-state index in [-0.39, 0.29) is 13.2 Å². The minimum Gasteiger partial charge on any atom is -0.619 e. The molecule has 484 valence electrons. The second-order valence-electron chi connectivity index (χ2n) is 25.5. The fraction of sp³-hybridized carbons (Fsp3) is 0.403. The number of nitrogens with zero attached hydrogens (tertiary/aromatic N) is 3. The molecule has 0 atom stereocenters. The summed E-state index contributed by atoms with van der Waals surface area (Å²) in [5.41, 5.74) is 36.9. The quantitative estimate of drug-likeness (QED) is 0.0487. The van der Waals surface area contributed by atoms with Gasteiger partial charge in [-0.1, -0.05) is 173 Å². The molecule has 1 aliphatic carbocycles.